The van der Waals surface area contributed by atoms with E-state index in [2.05, 4.69) is 67.8 Å². The van der Waals surface area contributed by atoms with E-state index in [-0.39, 0.29) is 17.2 Å². The highest BCUT2D eigenvalue weighted by molar-refractivity contribution is 14.1. The van der Waals surface area contributed by atoms with Crippen molar-refractivity contribution in [3.05, 3.63) is 88.6 Å². The second kappa shape index (κ2) is 14.5. The van der Waals surface area contributed by atoms with Gasteiger partial charge in [0.2, 0.25) is 5.91 Å². The van der Waals surface area contributed by atoms with Gasteiger partial charge in [-0.3, -0.25) is 9.59 Å². The SMILES string of the molecule is Cc1ccc(S(=O)(=O)N(C)C(=O)C[C@H](CC2CCCCC2)N(C(=O)c2ccccc2)c2cc(I)c(I)c(I)c2)cc1. The molecule has 10 heteroatoms. The standard InChI is InChI=1S/C31H33I3N2O4S/c1-21-13-15-26(16-14-21)41(39,40)35(2)29(37)20-24(17-22-9-5-3-6-10-22)36(31(38)23-11-7-4-8-12-23)25-18-27(32)30(34)28(33)19-25/h4,7-8,11-16,18-19,22,24H,3,5-6,9-10,17,20H2,1-2H3/t24-/m0/s1. The van der Waals surface area contributed by atoms with Gasteiger partial charge in [-0.2, -0.15) is 0 Å². The van der Waals surface area contributed by atoms with Gasteiger partial charge in [-0.05, 0) is 123 Å². The third kappa shape index (κ3) is 8.02. The highest BCUT2D eigenvalue weighted by atomic mass is 127. The summed E-state index contributed by atoms with van der Waals surface area (Å²) in [6, 6.07) is 19.0. The highest BCUT2D eigenvalue weighted by Crippen LogP contribution is 2.35. The first-order valence-electron chi connectivity index (χ1n) is 13.6. The van der Waals surface area contributed by atoms with Crippen molar-refractivity contribution in [3.63, 3.8) is 0 Å². The summed E-state index contributed by atoms with van der Waals surface area (Å²) >= 11 is 6.85. The Bertz CT molecular complexity index is 1470. The lowest BCUT2D eigenvalue weighted by molar-refractivity contribution is -0.126. The minimum atomic E-state index is -4.04. The molecule has 0 radical (unpaired) electrons. The zero-order chi connectivity index (χ0) is 29.7. The number of sulfonamides is 1. The van der Waals surface area contributed by atoms with Crippen LogP contribution in [-0.2, 0) is 14.8 Å². The van der Waals surface area contributed by atoms with Crippen LogP contribution in [0.25, 0.3) is 0 Å². The fraction of sp³-hybridized carbons (Fsp3) is 0.355. The van der Waals surface area contributed by atoms with Crippen molar-refractivity contribution < 1.29 is 18.0 Å². The molecule has 0 heterocycles. The maximum atomic E-state index is 14.2. The van der Waals surface area contributed by atoms with Gasteiger partial charge in [0, 0.05) is 41.5 Å². The molecule has 6 nitrogen and oxygen atoms in total. The van der Waals surface area contributed by atoms with E-state index in [9.17, 15) is 18.0 Å². The molecule has 0 N–H and O–H groups in total. The molecule has 1 saturated carbocycles. The smallest absolute Gasteiger partial charge is 0.266 e. The summed E-state index contributed by atoms with van der Waals surface area (Å²) in [7, 11) is -2.72. The van der Waals surface area contributed by atoms with Gasteiger partial charge in [-0.15, -0.1) is 0 Å². The van der Waals surface area contributed by atoms with Crippen molar-refractivity contribution in [1.82, 2.24) is 4.31 Å². The highest BCUT2D eigenvalue weighted by Gasteiger charge is 2.35. The number of benzene rings is 3. The van der Waals surface area contributed by atoms with E-state index in [1.54, 1.807) is 29.2 Å². The Morgan fingerprint density at radius 1 is 0.902 bits per heavy atom. The quantitative estimate of drug-likeness (QED) is 0.161. The number of carbonyl (C=O) groups excluding carboxylic acids is 2. The predicted octanol–water partition coefficient (Wildman–Crippen LogP) is 8.03. The van der Waals surface area contributed by atoms with Crippen molar-refractivity contribution in [1.29, 1.82) is 0 Å². The maximum Gasteiger partial charge on any atom is 0.266 e. The molecule has 0 bridgehead atoms. The zero-order valence-electron chi connectivity index (χ0n) is 23.0. The monoisotopic (exact) mass is 910 g/mol. The summed E-state index contributed by atoms with van der Waals surface area (Å²) in [6.45, 7) is 1.88. The summed E-state index contributed by atoms with van der Waals surface area (Å²) in [5.74, 6) is -0.378. The van der Waals surface area contributed by atoms with Crippen molar-refractivity contribution in [2.75, 3.05) is 11.9 Å². The Hall–Kier alpha value is -1.26. The molecule has 1 fully saturated rings. The Kier molecular flexibility index (Phi) is 11.5. The fourth-order valence-electron chi connectivity index (χ4n) is 5.32. The number of nitrogens with zero attached hydrogens (tertiary/aromatic N) is 2. The van der Waals surface area contributed by atoms with Crippen LogP contribution in [0.4, 0.5) is 5.69 Å². The van der Waals surface area contributed by atoms with E-state index >= 15 is 0 Å². The number of hydrogen-bond acceptors (Lipinski definition) is 4. The number of anilines is 1. The number of rotatable bonds is 9. The van der Waals surface area contributed by atoms with Gasteiger partial charge in [-0.25, -0.2) is 12.7 Å². The summed E-state index contributed by atoms with van der Waals surface area (Å²) in [4.78, 5) is 29.8. The lowest BCUT2D eigenvalue weighted by Gasteiger charge is -2.36. The molecule has 0 aromatic heterocycles. The van der Waals surface area contributed by atoms with E-state index in [0.29, 0.717) is 23.6 Å². The minimum absolute atomic E-state index is 0.0711. The Labute approximate surface area is 284 Å². The lowest BCUT2D eigenvalue weighted by Crippen LogP contribution is -2.46. The second-order valence-corrected chi connectivity index (χ2v) is 15.9. The number of amides is 2. The molecule has 1 aliphatic carbocycles. The van der Waals surface area contributed by atoms with E-state index in [1.807, 2.05) is 37.3 Å². The molecule has 0 saturated heterocycles. The van der Waals surface area contributed by atoms with Crippen LogP contribution in [0.15, 0.2) is 71.6 Å². The van der Waals surface area contributed by atoms with Crippen LogP contribution in [0.2, 0.25) is 0 Å². The number of carbonyl (C=O) groups is 2. The summed E-state index contributed by atoms with van der Waals surface area (Å²) in [6.07, 6.45) is 6.04. The first kappa shape index (κ1) is 32.6. The van der Waals surface area contributed by atoms with Crippen molar-refractivity contribution >= 4 is 95.3 Å². The van der Waals surface area contributed by atoms with Gasteiger partial charge in [0.1, 0.15) is 0 Å². The van der Waals surface area contributed by atoms with Gasteiger partial charge >= 0.3 is 0 Å². The third-order valence-corrected chi connectivity index (χ3v) is 14.3. The van der Waals surface area contributed by atoms with Gasteiger partial charge in [0.05, 0.1) is 4.90 Å². The molecule has 2 amide bonds. The normalized spacial score (nSPS) is 14.9. The molecule has 0 unspecified atom stereocenters. The lowest BCUT2D eigenvalue weighted by atomic mass is 9.83. The van der Waals surface area contributed by atoms with Crippen LogP contribution >= 0.6 is 67.8 Å². The Morgan fingerprint density at radius 3 is 2.07 bits per heavy atom. The minimum Gasteiger partial charge on any atom is -0.305 e. The van der Waals surface area contributed by atoms with E-state index in [4.69, 9.17) is 0 Å². The molecular weight excluding hydrogens is 877 g/mol. The molecule has 0 aliphatic heterocycles. The Morgan fingerprint density at radius 2 is 1.49 bits per heavy atom. The molecule has 41 heavy (non-hydrogen) atoms. The van der Waals surface area contributed by atoms with Crippen LogP contribution in [0.3, 0.4) is 0 Å². The second-order valence-electron chi connectivity index (χ2n) is 10.5. The average molecular weight is 910 g/mol. The topological polar surface area (TPSA) is 74.8 Å². The van der Waals surface area contributed by atoms with E-state index in [0.717, 1.165) is 46.3 Å². The van der Waals surface area contributed by atoms with Crippen molar-refractivity contribution in [2.24, 2.45) is 5.92 Å². The molecule has 0 spiro atoms. The predicted molar refractivity (Wildman–Crippen MR) is 189 cm³/mol. The summed E-state index contributed by atoms with van der Waals surface area (Å²) in [5.41, 5.74) is 2.17. The molecule has 3 aromatic rings. The van der Waals surface area contributed by atoms with Crippen LogP contribution in [0.5, 0.6) is 0 Å². The maximum absolute atomic E-state index is 14.2. The van der Waals surface area contributed by atoms with E-state index < -0.39 is 22.0 Å². The molecule has 1 aliphatic rings. The van der Waals surface area contributed by atoms with E-state index in [1.165, 1.54) is 25.6 Å². The number of hydrogen-bond donors (Lipinski definition) is 0. The van der Waals surface area contributed by atoms with Crippen LogP contribution in [0.1, 0.15) is 60.9 Å². The van der Waals surface area contributed by atoms with Crippen LogP contribution in [0, 0.1) is 23.6 Å². The Balaban J connectivity index is 1.75. The fourth-order valence-corrected chi connectivity index (χ4v) is 8.50. The molecule has 1 atom stereocenters. The number of aryl methyl sites for hydroxylation is 1. The molecule has 218 valence electrons. The van der Waals surface area contributed by atoms with Gasteiger partial charge in [0.25, 0.3) is 15.9 Å². The largest absolute Gasteiger partial charge is 0.305 e. The van der Waals surface area contributed by atoms with Crippen LogP contribution in [-0.4, -0.2) is 37.6 Å². The van der Waals surface area contributed by atoms with Gasteiger partial charge < -0.3 is 4.90 Å². The first-order chi connectivity index (χ1) is 19.5. The molecular formula is C31H33I3N2O4S. The van der Waals surface area contributed by atoms with Gasteiger partial charge in [-0.1, -0.05) is 68.0 Å². The summed E-state index contributed by atoms with van der Waals surface area (Å²) < 4.78 is 30.8. The van der Waals surface area contributed by atoms with Crippen LogP contribution < -0.4 is 4.90 Å². The first-order valence-corrected chi connectivity index (χ1v) is 18.3. The van der Waals surface area contributed by atoms with Crippen molar-refractivity contribution in [3.8, 4) is 0 Å². The zero-order valence-corrected chi connectivity index (χ0v) is 30.3. The number of halogens is 3. The summed E-state index contributed by atoms with van der Waals surface area (Å²) in [5, 5.41) is 0. The third-order valence-electron chi connectivity index (χ3n) is 7.62. The average Bonchev–Trinajstić information content (AvgIpc) is 2.96. The molecule has 4 rings (SSSR count). The van der Waals surface area contributed by atoms with Gasteiger partial charge in [0.15, 0.2) is 0 Å². The molecule has 3 aromatic carbocycles. The van der Waals surface area contributed by atoms with Crippen molar-refractivity contribution in [2.45, 2.75) is 62.8 Å².